The zero-order chi connectivity index (χ0) is 14.4. The van der Waals surface area contributed by atoms with E-state index in [0.717, 1.165) is 24.3 Å². The summed E-state index contributed by atoms with van der Waals surface area (Å²) in [5.41, 5.74) is 1.74. The smallest absolute Gasteiger partial charge is 0.201 e. The summed E-state index contributed by atoms with van der Waals surface area (Å²) >= 11 is 0. The van der Waals surface area contributed by atoms with E-state index >= 15 is 0 Å². The van der Waals surface area contributed by atoms with Crippen molar-refractivity contribution in [2.24, 2.45) is 0 Å². The van der Waals surface area contributed by atoms with E-state index in [9.17, 15) is 4.79 Å². The molecule has 0 amide bonds. The topological polar surface area (TPSA) is 60.5 Å². The number of rotatable bonds is 6. The molecule has 20 heavy (non-hydrogen) atoms. The molecule has 0 saturated carbocycles. The molecule has 1 aromatic heterocycles. The number of Topliss-reactive ketones (excluding diaryl/α,β-unsaturated/α-hetero) is 1. The van der Waals surface area contributed by atoms with E-state index in [1.165, 1.54) is 0 Å². The van der Waals surface area contributed by atoms with Gasteiger partial charge in [0, 0.05) is 25.7 Å². The maximum atomic E-state index is 11.8. The van der Waals surface area contributed by atoms with Gasteiger partial charge in [-0.2, -0.15) is 0 Å². The Kier molecular flexibility index (Phi) is 5.26. The van der Waals surface area contributed by atoms with Crippen molar-refractivity contribution in [1.29, 1.82) is 0 Å². The first-order valence-corrected chi connectivity index (χ1v) is 6.82. The van der Waals surface area contributed by atoms with Crippen LogP contribution in [0.1, 0.15) is 24.3 Å². The number of aromatic nitrogens is 1. The molecular formula is C15H20N2O3. The van der Waals surface area contributed by atoms with Crippen LogP contribution in [0.3, 0.4) is 0 Å². The molecule has 1 fully saturated rings. The highest BCUT2D eigenvalue weighted by Gasteiger charge is 2.17. The van der Waals surface area contributed by atoms with Crippen LogP contribution in [0, 0.1) is 0 Å². The van der Waals surface area contributed by atoms with Crippen molar-refractivity contribution in [1.82, 2.24) is 10.3 Å². The Bertz CT molecular complexity index is 465. The van der Waals surface area contributed by atoms with E-state index in [-0.39, 0.29) is 24.1 Å². The molecule has 1 unspecified atom stereocenters. The Morgan fingerprint density at radius 1 is 1.60 bits per heavy atom. The first-order chi connectivity index (χ1) is 9.70. The minimum atomic E-state index is -0.114. The second-order valence-corrected chi connectivity index (χ2v) is 4.61. The molecule has 5 nitrogen and oxygen atoms in total. The van der Waals surface area contributed by atoms with Crippen LogP contribution >= 0.6 is 0 Å². The molecule has 1 aromatic rings. The molecule has 5 heteroatoms. The largest absolute Gasteiger partial charge is 0.491 e. The number of nitrogens with zero attached hydrogens (tertiary/aromatic N) is 1. The average molecular weight is 276 g/mol. The third kappa shape index (κ3) is 3.88. The van der Waals surface area contributed by atoms with Crippen LogP contribution < -0.4 is 5.32 Å². The Balaban J connectivity index is 1.94. The second-order valence-electron chi connectivity index (χ2n) is 4.61. The number of hydrogen-bond acceptors (Lipinski definition) is 5. The van der Waals surface area contributed by atoms with Gasteiger partial charge in [0.05, 0.1) is 18.9 Å². The lowest BCUT2D eigenvalue weighted by molar-refractivity contribution is -0.118. The molecule has 0 aromatic carbocycles. The molecular weight excluding hydrogens is 256 g/mol. The fourth-order valence-corrected chi connectivity index (χ4v) is 2.03. The van der Waals surface area contributed by atoms with Crippen LogP contribution in [0.4, 0.5) is 0 Å². The summed E-state index contributed by atoms with van der Waals surface area (Å²) in [7, 11) is 0. The number of pyridine rings is 1. The first-order valence-electron chi connectivity index (χ1n) is 6.82. The van der Waals surface area contributed by atoms with Crippen LogP contribution in [0.5, 0.6) is 0 Å². The van der Waals surface area contributed by atoms with Crippen molar-refractivity contribution in [2.45, 2.75) is 19.4 Å². The van der Waals surface area contributed by atoms with Gasteiger partial charge in [0.1, 0.15) is 6.10 Å². The van der Waals surface area contributed by atoms with Crippen LogP contribution in [-0.2, 0) is 20.7 Å². The quantitative estimate of drug-likeness (QED) is 0.628. The fraction of sp³-hybridized carbons (Fsp3) is 0.467. The number of morpholine rings is 1. The predicted molar refractivity (Wildman–Crippen MR) is 75.3 cm³/mol. The molecule has 108 valence electrons. The standard InChI is InChI=1S/C15H20N2O3/c1-3-19-11(2)14(18)8-12-4-5-13(17-9-12)15-10-16-6-7-20-15/h4-5,9,15-16H,2-3,6-8,10H2,1H3. The molecule has 0 aliphatic carbocycles. The summed E-state index contributed by atoms with van der Waals surface area (Å²) in [6.45, 7) is 8.23. The third-order valence-electron chi connectivity index (χ3n) is 3.10. The molecule has 1 N–H and O–H groups in total. The van der Waals surface area contributed by atoms with Crippen molar-refractivity contribution >= 4 is 5.78 Å². The molecule has 1 atom stereocenters. The monoisotopic (exact) mass is 276 g/mol. The predicted octanol–water partition coefficient (Wildman–Crippen LogP) is 1.40. The van der Waals surface area contributed by atoms with Crippen molar-refractivity contribution < 1.29 is 14.3 Å². The number of carbonyl (C=O) groups is 1. The van der Waals surface area contributed by atoms with Crippen LogP contribution in [0.15, 0.2) is 30.7 Å². The van der Waals surface area contributed by atoms with Gasteiger partial charge in [-0.25, -0.2) is 0 Å². The van der Waals surface area contributed by atoms with E-state index in [2.05, 4.69) is 16.9 Å². The lowest BCUT2D eigenvalue weighted by Crippen LogP contribution is -2.33. The van der Waals surface area contributed by atoms with Crippen molar-refractivity contribution in [3.05, 3.63) is 41.9 Å². The number of ketones is 1. The Morgan fingerprint density at radius 3 is 3.05 bits per heavy atom. The van der Waals surface area contributed by atoms with E-state index in [4.69, 9.17) is 9.47 Å². The molecule has 0 spiro atoms. The minimum Gasteiger partial charge on any atom is -0.491 e. The summed E-state index contributed by atoms with van der Waals surface area (Å²) in [5.74, 6) is 0.0911. The van der Waals surface area contributed by atoms with Gasteiger partial charge >= 0.3 is 0 Å². The van der Waals surface area contributed by atoms with Crippen LogP contribution in [-0.4, -0.2) is 37.1 Å². The molecule has 2 heterocycles. The zero-order valence-corrected chi connectivity index (χ0v) is 11.7. The van der Waals surface area contributed by atoms with Gasteiger partial charge in [-0.3, -0.25) is 9.78 Å². The Hall–Kier alpha value is -1.72. The number of nitrogens with one attached hydrogen (secondary N) is 1. The molecule has 1 aliphatic heterocycles. The van der Waals surface area contributed by atoms with Crippen molar-refractivity contribution in [2.75, 3.05) is 26.3 Å². The highest BCUT2D eigenvalue weighted by Crippen LogP contribution is 2.17. The van der Waals surface area contributed by atoms with Gasteiger partial charge in [-0.1, -0.05) is 12.6 Å². The van der Waals surface area contributed by atoms with Gasteiger partial charge in [0.15, 0.2) is 5.76 Å². The number of hydrogen-bond donors (Lipinski definition) is 1. The average Bonchev–Trinajstić information content (AvgIpc) is 2.49. The summed E-state index contributed by atoms with van der Waals surface area (Å²) in [6.07, 6.45) is 1.97. The molecule has 1 aliphatic rings. The maximum absolute atomic E-state index is 11.8. The van der Waals surface area contributed by atoms with Gasteiger partial charge in [0.25, 0.3) is 0 Å². The number of ether oxygens (including phenoxy) is 2. The molecule has 0 radical (unpaired) electrons. The third-order valence-corrected chi connectivity index (χ3v) is 3.10. The van der Waals surface area contributed by atoms with E-state index < -0.39 is 0 Å². The molecule has 0 bridgehead atoms. The summed E-state index contributed by atoms with van der Waals surface area (Å²) in [4.78, 5) is 16.2. The van der Waals surface area contributed by atoms with Crippen molar-refractivity contribution in [3.63, 3.8) is 0 Å². The Morgan fingerprint density at radius 2 is 2.45 bits per heavy atom. The van der Waals surface area contributed by atoms with E-state index in [0.29, 0.717) is 13.2 Å². The summed E-state index contributed by atoms with van der Waals surface area (Å²) in [6, 6.07) is 3.81. The van der Waals surface area contributed by atoms with E-state index in [1.807, 2.05) is 19.1 Å². The normalized spacial score (nSPS) is 18.6. The highest BCUT2D eigenvalue weighted by atomic mass is 16.5. The zero-order valence-electron chi connectivity index (χ0n) is 11.7. The van der Waals surface area contributed by atoms with Gasteiger partial charge in [0.2, 0.25) is 5.78 Å². The number of allylic oxidation sites excluding steroid dienone is 1. The maximum Gasteiger partial charge on any atom is 0.201 e. The fourth-order valence-electron chi connectivity index (χ4n) is 2.03. The van der Waals surface area contributed by atoms with Crippen LogP contribution in [0.2, 0.25) is 0 Å². The lowest BCUT2D eigenvalue weighted by atomic mass is 10.1. The van der Waals surface area contributed by atoms with E-state index in [1.54, 1.807) is 6.20 Å². The number of carbonyl (C=O) groups excluding carboxylic acids is 1. The SMILES string of the molecule is C=C(OCC)C(=O)Cc1ccc(C2CNCCO2)nc1. The van der Waals surface area contributed by atoms with Gasteiger partial charge < -0.3 is 14.8 Å². The lowest BCUT2D eigenvalue weighted by Gasteiger charge is -2.23. The molecule has 1 saturated heterocycles. The van der Waals surface area contributed by atoms with Gasteiger partial charge in [-0.15, -0.1) is 0 Å². The molecule has 2 rings (SSSR count). The summed E-state index contributed by atoms with van der Waals surface area (Å²) in [5, 5.41) is 3.26. The Labute approximate surface area is 119 Å². The van der Waals surface area contributed by atoms with Crippen molar-refractivity contribution in [3.8, 4) is 0 Å². The van der Waals surface area contributed by atoms with Gasteiger partial charge in [-0.05, 0) is 18.6 Å². The van der Waals surface area contributed by atoms with Crippen LogP contribution in [0.25, 0.3) is 0 Å². The minimum absolute atomic E-state index is 0.00751. The highest BCUT2D eigenvalue weighted by molar-refractivity contribution is 5.94. The second kappa shape index (κ2) is 7.17. The summed E-state index contributed by atoms with van der Waals surface area (Å²) < 4.78 is 10.7. The first kappa shape index (κ1) is 14.7.